The number of ketones is 1. The molecule has 0 saturated carbocycles. The van der Waals surface area contributed by atoms with Gasteiger partial charge in [0.15, 0.2) is 5.78 Å². The standard InChI is InChI=1S/C15H8Cl4O/c16-10-5-6-12(17)11(8-10)14(20)7-4-9-2-1-3-13(18)15(9)19/h1-8H/b7-4+. The molecule has 0 radical (unpaired) electrons. The molecule has 0 amide bonds. The number of allylic oxidation sites excluding steroid dienone is 1. The van der Waals surface area contributed by atoms with Crippen LogP contribution < -0.4 is 0 Å². The van der Waals surface area contributed by atoms with Crippen LogP contribution in [0.2, 0.25) is 20.1 Å². The second-order valence-corrected chi connectivity index (χ2v) is 5.59. The van der Waals surface area contributed by atoms with Gasteiger partial charge in [0, 0.05) is 10.6 Å². The molecule has 0 fully saturated rings. The van der Waals surface area contributed by atoms with E-state index in [1.165, 1.54) is 12.1 Å². The second kappa shape index (κ2) is 6.64. The number of rotatable bonds is 3. The van der Waals surface area contributed by atoms with Crippen LogP contribution in [0, 0.1) is 0 Å². The fourth-order valence-electron chi connectivity index (χ4n) is 1.59. The van der Waals surface area contributed by atoms with Crippen molar-refractivity contribution < 1.29 is 4.79 Å². The van der Waals surface area contributed by atoms with Crippen LogP contribution >= 0.6 is 46.4 Å². The van der Waals surface area contributed by atoms with Gasteiger partial charge in [-0.05, 0) is 42.0 Å². The van der Waals surface area contributed by atoms with E-state index in [-0.39, 0.29) is 5.78 Å². The van der Waals surface area contributed by atoms with Crippen LogP contribution in [-0.4, -0.2) is 5.78 Å². The zero-order valence-electron chi connectivity index (χ0n) is 10.0. The van der Waals surface area contributed by atoms with Gasteiger partial charge in [-0.25, -0.2) is 0 Å². The Bertz CT molecular complexity index is 692. The van der Waals surface area contributed by atoms with Crippen LogP contribution in [0.25, 0.3) is 6.08 Å². The SMILES string of the molecule is O=C(/C=C/c1cccc(Cl)c1Cl)c1cc(Cl)ccc1Cl. The Morgan fingerprint density at radius 1 is 0.950 bits per heavy atom. The molecule has 2 rings (SSSR count). The molecule has 0 spiro atoms. The van der Waals surface area contributed by atoms with Crippen molar-refractivity contribution in [3.63, 3.8) is 0 Å². The van der Waals surface area contributed by atoms with E-state index in [1.807, 2.05) is 0 Å². The predicted octanol–water partition coefficient (Wildman–Crippen LogP) is 6.20. The smallest absolute Gasteiger partial charge is 0.187 e. The Balaban J connectivity index is 2.29. The first-order valence-electron chi connectivity index (χ1n) is 5.60. The van der Waals surface area contributed by atoms with Crippen molar-refractivity contribution >= 4 is 58.3 Å². The van der Waals surface area contributed by atoms with Gasteiger partial charge >= 0.3 is 0 Å². The van der Waals surface area contributed by atoms with Gasteiger partial charge in [-0.2, -0.15) is 0 Å². The predicted molar refractivity (Wildman–Crippen MR) is 86.3 cm³/mol. The molecule has 0 unspecified atom stereocenters. The minimum absolute atomic E-state index is 0.256. The van der Waals surface area contributed by atoms with Crippen LogP contribution in [0.5, 0.6) is 0 Å². The number of carbonyl (C=O) groups excluding carboxylic acids is 1. The molecule has 0 saturated heterocycles. The number of carbonyl (C=O) groups is 1. The topological polar surface area (TPSA) is 17.1 Å². The van der Waals surface area contributed by atoms with Crippen molar-refractivity contribution in [1.82, 2.24) is 0 Å². The summed E-state index contributed by atoms with van der Waals surface area (Å²) in [6.07, 6.45) is 2.98. The van der Waals surface area contributed by atoms with E-state index in [2.05, 4.69) is 0 Å². The van der Waals surface area contributed by atoms with Crippen LogP contribution in [0.3, 0.4) is 0 Å². The molecular weight excluding hydrogens is 338 g/mol. The molecule has 20 heavy (non-hydrogen) atoms. The largest absolute Gasteiger partial charge is 0.289 e. The van der Waals surface area contributed by atoms with Gasteiger partial charge in [-0.3, -0.25) is 4.79 Å². The molecule has 0 aliphatic carbocycles. The van der Waals surface area contributed by atoms with Gasteiger partial charge in [0.25, 0.3) is 0 Å². The number of hydrogen-bond donors (Lipinski definition) is 0. The molecule has 2 aromatic carbocycles. The Labute approximate surface area is 136 Å². The van der Waals surface area contributed by atoms with E-state index >= 15 is 0 Å². The third kappa shape index (κ3) is 3.56. The summed E-state index contributed by atoms with van der Waals surface area (Å²) in [6, 6.07) is 9.92. The van der Waals surface area contributed by atoms with Crippen molar-refractivity contribution in [2.45, 2.75) is 0 Å². The zero-order valence-corrected chi connectivity index (χ0v) is 13.1. The maximum absolute atomic E-state index is 12.1. The lowest BCUT2D eigenvalue weighted by Crippen LogP contribution is -1.95. The van der Waals surface area contributed by atoms with E-state index in [1.54, 1.807) is 36.4 Å². The third-order valence-corrected chi connectivity index (χ3v) is 3.99. The zero-order chi connectivity index (χ0) is 14.7. The van der Waals surface area contributed by atoms with Gasteiger partial charge in [0.2, 0.25) is 0 Å². The van der Waals surface area contributed by atoms with Crippen LogP contribution in [0.15, 0.2) is 42.5 Å². The van der Waals surface area contributed by atoms with Crippen molar-refractivity contribution in [2.24, 2.45) is 0 Å². The summed E-state index contributed by atoms with van der Waals surface area (Å²) in [5, 5.41) is 1.63. The molecule has 0 heterocycles. The van der Waals surface area contributed by atoms with Gasteiger partial charge in [-0.1, -0.05) is 58.5 Å². The Kier molecular flexibility index (Phi) is 5.11. The van der Waals surface area contributed by atoms with E-state index in [0.29, 0.717) is 31.2 Å². The highest BCUT2D eigenvalue weighted by atomic mass is 35.5. The van der Waals surface area contributed by atoms with Crippen molar-refractivity contribution in [3.8, 4) is 0 Å². The summed E-state index contributed by atoms with van der Waals surface area (Å²) in [5.41, 5.74) is 0.999. The molecular formula is C15H8Cl4O. The lowest BCUT2D eigenvalue weighted by molar-refractivity contribution is 0.104. The van der Waals surface area contributed by atoms with Gasteiger partial charge in [0.05, 0.1) is 15.1 Å². The van der Waals surface area contributed by atoms with Crippen molar-refractivity contribution in [2.75, 3.05) is 0 Å². The van der Waals surface area contributed by atoms with Crippen LogP contribution in [0.4, 0.5) is 0 Å². The Morgan fingerprint density at radius 3 is 2.45 bits per heavy atom. The number of halogens is 4. The van der Waals surface area contributed by atoms with Crippen molar-refractivity contribution in [1.29, 1.82) is 0 Å². The molecule has 5 heteroatoms. The van der Waals surface area contributed by atoms with Gasteiger partial charge in [-0.15, -0.1) is 0 Å². The molecule has 0 aromatic heterocycles. The highest BCUT2D eigenvalue weighted by Crippen LogP contribution is 2.27. The summed E-state index contributed by atoms with van der Waals surface area (Å²) < 4.78 is 0. The lowest BCUT2D eigenvalue weighted by atomic mass is 10.1. The van der Waals surface area contributed by atoms with Gasteiger partial charge < -0.3 is 0 Å². The monoisotopic (exact) mass is 344 g/mol. The molecule has 1 nitrogen and oxygen atoms in total. The molecule has 0 aliphatic rings. The van der Waals surface area contributed by atoms with Crippen LogP contribution in [0.1, 0.15) is 15.9 Å². The Hall–Kier alpha value is -0.990. The highest BCUT2D eigenvalue weighted by Gasteiger charge is 2.08. The average Bonchev–Trinajstić information content (AvgIpc) is 2.43. The first-order chi connectivity index (χ1) is 9.49. The summed E-state index contributed by atoms with van der Waals surface area (Å²) in [6.45, 7) is 0. The van der Waals surface area contributed by atoms with Crippen LogP contribution in [-0.2, 0) is 0 Å². The maximum atomic E-state index is 12.1. The quantitative estimate of drug-likeness (QED) is 0.478. The van der Waals surface area contributed by atoms with Crippen molar-refractivity contribution in [3.05, 3.63) is 73.7 Å². The normalized spacial score (nSPS) is 11.0. The number of hydrogen-bond acceptors (Lipinski definition) is 1. The minimum Gasteiger partial charge on any atom is -0.289 e. The lowest BCUT2D eigenvalue weighted by Gasteiger charge is -2.02. The van der Waals surface area contributed by atoms with E-state index in [0.717, 1.165) is 0 Å². The molecule has 2 aromatic rings. The molecule has 0 aliphatic heterocycles. The fraction of sp³-hybridized carbons (Fsp3) is 0. The molecule has 102 valence electrons. The summed E-state index contributed by atoms with van der Waals surface area (Å²) in [7, 11) is 0. The summed E-state index contributed by atoms with van der Waals surface area (Å²) in [4.78, 5) is 12.1. The first kappa shape index (κ1) is 15.4. The van der Waals surface area contributed by atoms with E-state index < -0.39 is 0 Å². The highest BCUT2D eigenvalue weighted by molar-refractivity contribution is 6.43. The first-order valence-corrected chi connectivity index (χ1v) is 7.11. The molecule has 0 atom stereocenters. The minimum atomic E-state index is -0.256. The summed E-state index contributed by atoms with van der Waals surface area (Å²) >= 11 is 23.8. The number of benzene rings is 2. The van der Waals surface area contributed by atoms with E-state index in [9.17, 15) is 4.79 Å². The Morgan fingerprint density at radius 2 is 1.70 bits per heavy atom. The summed E-state index contributed by atoms with van der Waals surface area (Å²) in [5.74, 6) is -0.256. The van der Waals surface area contributed by atoms with Gasteiger partial charge in [0.1, 0.15) is 0 Å². The third-order valence-electron chi connectivity index (χ3n) is 2.59. The molecule has 0 bridgehead atoms. The second-order valence-electron chi connectivity index (χ2n) is 3.96. The maximum Gasteiger partial charge on any atom is 0.187 e. The fourth-order valence-corrected chi connectivity index (χ4v) is 2.34. The van der Waals surface area contributed by atoms with E-state index in [4.69, 9.17) is 46.4 Å². The molecule has 0 N–H and O–H groups in total. The average molecular weight is 346 g/mol.